The molecule has 27 heavy (non-hydrogen) atoms. The second kappa shape index (κ2) is 7.99. The molecule has 0 aliphatic heterocycles. The summed E-state index contributed by atoms with van der Waals surface area (Å²) in [6.45, 7) is 3.42. The van der Waals surface area contributed by atoms with Gasteiger partial charge in [-0.3, -0.25) is 4.79 Å². The zero-order valence-corrected chi connectivity index (χ0v) is 15.6. The van der Waals surface area contributed by atoms with Gasteiger partial charge in [0.2, 0.25) is 0 Å². The van der Waals surface area contributed by atoms with Crippen LogP contribution in [0.3, 0.4) is 0 Å². The van der Waals surface area contributed by atoms with Gasteiger partial charge in [0.15, 0.2) is 0 Å². The topological polar surface area (TPSA) is 65.5 Å². The quantitative estimate of drug-likeness (QED) is 0.629. The van der Waals surface area contributed by atoms with Crippen molar-refractivity contribution in [3.8, 4) is 11.1 Å². The summed E-state index contributed by atoms with van der Waals surface area (Å²) in [7, 11) is 1.33. The van der Waals surface area contributed by atoms with Gasteiger partial charge in [-0.15, -0.1) is 0 Å². The van der Waals surface area contributed by atoms with Crippen LogP contribution in [0.1, 0.15) is 29.9 Å². The molecule has 0 aliphatic rings. The van der Waals surface area contributed by atoms with E-state index in [2.05, 4.69) is 4.98 Å². The fraction of sp³-hybridized carbons (Fsp3) is 0.227. The Bertz CT molecular complexity index is 980. The first-order valence-corrected chi connectivity index (χ1v) is 8.75. The average molecular weight is 363 g/mol. The van der Waals surface area contributed by atoms with Crippen LogP contribution in [0.4, 0.5) is 0 Å². The molecule has 0 spiro atoms. The largest absolute Gasteiger partial charge is 0.465 e. The van der Waals surface area contributed by atoms with Crippen LogP contribution in [-0.2, 0) is 20.9 Å². The number of benzene rings is 2. The molecule has 138 valence electrons. The van der Waals surface area contributed by atoms with Gasteiger partial charge in [0.05, 0.1) is 29.8 Å². The molecule has 0 unspecified atom stereocenters. The van der Waals surface area contributed by atoms with E-state index in [9.17, 15) is 9.59 Å². The van der Waals surface area contributed by atoms with Gasteiger partial charge in [0.25, 0.3) is 0 Å². The third-order valence-corrected chi connectivity index (χ3v) is 4.24. The molecule has 3 rings (SSSR count). The summed E-state index contributed by atoms with van der Waals surface area (Å²) < 4.78 is 10.4. The van der Waals surface area contributed by atoms with Crippen molar-refractivity contribution in [2.75, 3.05) is 7.11 Å². The van der Waals surface area contributed by atoms with Gasteiger partial charge in [0.1, 0.15) is 6.61 Å². The highest BCUT2D eigenvalue weighted by Crippen LogP contribution is 2.34. The van der Waals surface area contributed by atoms with Crippen LogP contribution in [-0.4, -0.2) is 24.0 Å². The number of rotatable bonds is 5. The molecule has 5 nitrogen and oxygen atoms in total. The zero-order chi connectivity index (χ0) is 19.4. The molecule has 0 bridgehead atoms. The number of pyridine rings is 1. The lowest BCUT2D eigenvalue weighted by molar-refractivity contribution is -0.148. The highest BCUT2D eigenvalue weighted by atomic mass is 16.5. The summed E-state index contributed by atoms with van der Waals surface area (Å²) in [6.07, 6.45) is 0. The minimum absolute atomic E-state index is 0.0912. The van der Waals surface area contributed by atoms with E-state index >= 15 is 0 Å². The third kappa shape index (κ3) is 3.82. The lowest BCUT2D eigenvalue weighted by Crippen LogP contribution is -2.16. The first-order chi connectivity index (χ1) is 13.0. The Morgan fingerprint density at radius 2 is 1.67 bits per heavy atom. The normalized spacial score (nSPS) is 10.8. The number of nitrogens with zero attached hydrogens (tertiary/aromatic N) is 1. The van der Waals surface area contributed by atoms with E-state index in [-0.39, 0.29) is 18.5 Å². The van der Waals surface area contributed by atoms with Crippen molar-refractivity contribution in [3.05, 3.63) is 65.9 Å². The summed E-state index contributed by atoms with van der Waals surface area (Å²) in [5, 5.41) is 0.836. The molecule has 3 aromatic rings. The molecular formula is C22H21NO4. The van der Waals surface area contributed by atoms with Crippen molar-refractivity contribution >= 4 is 22.8 Å². The number of ether oxygens (including phenoxy) is 2. The van der Waals surface area contributed by atoms with Crippen LogP contribution in [0.2, 0.25) is 0 Å². The summed E-state index contributed by atoms with van der Waals surface area (Å²) in [4.78, 5) is 29.2. The van der Waals surface area contributed by atoms with E-state index in [1.54, 1.807) is 13.8 Å². The Kier molecular flexibility index (Phi) is 5.50. The maximum absolute atomic E-state index is 12.6. The second-order valence-corrected chi connectivity index (χ2v) is 6.45. The molecule has 0 amide bonds. The number of para-hydroxylation sites is 1. The first-order valence-electron chi connectivity index (χ1n) is 8.75. The number of esters is 2. The minimum atomic E-state index is -0.511. The molecule has 0 atom stereocenters. The average Bonchev–Trinajstić information content (AvgIpc) is 2.70. The molecule has 0 aliphatic carbocycles. The standard InChI is InChI=1S/C22H21NO4/c1-14(2)21(24)27-13-18-20(22(25)26-3)19(15-9-5-4-6-10-15)16-11-7-8-12-17(16)23-18/h4-12,14H,13H2,1-3H3. The van der Waals surface area contributed by atoms with E-state index in [0.29, 0.717) is 11.3 Å². The van der Waals surface area contributed by atoms with Crippen molar-refractivity contribution in [1.82, 2.24) is 4.98 Å². The highest BCUT2D eigenvalue weighted by molar-refractivity contribution is 6.07. The lowest BCUT2D eigenvalue weighted by atomic mass is 9.94. The van der Waals surface area contributed by atoms with Crippen molar-refractivity contribution in [2.45, 2.75) is 20.5 Å². The molecule has 0 fully saturated rings. The maximum atomic E-state index is 12.6. The molecule has 0 saturated heterocycles. The first kappa shape index (κ1) is 18.6. The fourth-order valence-electron chi connectivity index (χ4n) is 2.90. The minimum Gasteiger partial charge on any atom is -0.465 e. The van der Waals surface area contributed by atoms with Crippen LogP contribution in [0.5, 0.6) is 0 Å². The number of aromatic nitrogens is 1. The molecular weight excluding hydrogens is 342 g/mol. The number of fused-ring (bicyclic) bond motifs is 1. The van der Waals surface area contributed by atoms with Gasteiger partial charge in [-0.1, -0.05) is 62.4 Å². The Balaban J connectivity index is 2.25. The Hall–Kier alpha value is -3.21. The third-order valence-electron chi connectivity index (χ3n) is 4.24. The Morgan fingerprint density at radius 1 is 1.00 bits per heavy atom. The monoisotopic (exact) mass is 363 g/mol. The SMILES string of the molecule is COC(=O)c1c(COC(=O)C(C)C)nc2ccccc2c1-c1ccccc1. The second-order valence-electron chi connectivity index (χ2n) is 6.45. The van der Waals surface area contributed by atoms with Crippen LogP contribution < -0.4 is 0 Å². The van der Waals surface area contributed by atoms with E-state index < -0.39 is 5.97 Å². The predicted molar refractivity (Wildman–Crippen MR) is 103 cm³/mol. The molecule has 0 saturated carbocycles. The summed E-state index contributed by atoms with van der Waals surface area (Å²) >= 11 is 0. The van der Waals surface area contributed by atoms with Gasteiger partial charge >= 0.3 is 11.9 Å². The van der Waals surface area contributed by atoms with Gasteiger partial charge in [-0.25, -0.2) is 9.78 Å². The van der Waals surface area contributed by atoms with Crippen molar-refractivity contribution < 1.29 is 19.1 Å². The predicted octanol–water partition coefficient (Wildman–Crippen LogP) is 4.39. The van der Waals surface area contributed by atoms with Gasteiger partial charge < -0.3 is 9.47 Å². The molecule has 1 heterocycles. The summed E-state index contributed by atoms with van der Waals surface area (Å²) in [6, 6.07) is 17.2. The van der Waals surface area contributed by atoms with Gasteiger partial charge in [0, 0.05) is 10.9 Å². The zero-order valence-electron chi connectivity index (χ0n) is 15.6. The van der Waals surface area contributed by atoms with Crippen LogP contribution in [0, 0.1) is 5.92 Å². The molecule has 0 N–H and O–H groups in total. The number of methoxy groups -OCH3 is 1. The van der Waals surface area contributed by atoms with Crippen molar-refractivity contribution in [3.63, 3.8) is 0 Å². The van der Waals surface area contributed by atoms with E-state index in [1.807, 2.05) is 54.6 Å². The number of hydrogen-bond acceptors (Lipinski definition) is 5. The number of carbonyl (C=O) groups is 2. The molecule has 1 aromatic heterocycles. The van der Waals surface area contributed by atoms with Crippen LogP contribution in [0.25, 0.3) is 22.0 Å². The van der Waals surface area contributed by atoms with E-state index in [1.165, 1.54) is 7.11 Å². The van der Waals surface area contributed by atoms with Crippen LogP contribution >= 0.6 is 0 Å². The maximum Gasteiger partial charge on any atom is 0.340 e. The highest BCUT2D eigenvalue weighted by Gasteiger charge is 2.24. The van der Waals surface area contributed by atoms with Crippen molar-refractivity contribution in [2.24, 2.45) is 5.92 Å². The van der Waals surface area contributed by atoms with E-state index in [4.69, 9.17) is 9.47 Å². The van der Waals surface area contributed by atoms with E-state index in [0.717, 1.165) is 22.0 Å². The van der Waals surface area contributed by atoms with Crippen molar-refractivity contribution in [1.29, 1.82) is 0 Å². The summed E-state index contributed by atoms with van der Waals surface area (Å²) in [5.41, 5.74) is 3.02. The Labute approximate surface area is 157 Å². The Morgan fingerprint density at radius 3 is 2.33 bits per heavy atom. The summed E-state index contributed by atoms with van der Waals surface area (Å²) in [5.74, 6) is -1.12. The van der Waals surface area contributed by atoms with Gasteiger partial charge in [-0.2, -0.15) is 0 Å². The van der Waals surface area contributed by atoms with Crippen LogP contribution in [0.15, 0.2) is 54.6 Å². The molecule has 0 radical (unpaired) electrons. The molecule has 2 aromatic carbocycles. The molecule has 5 heteroatoms. The number of hydrogen-bond donors (Lipinski definition) is 0. The lowest BCUT2D eigenvalue weighted by Gasteiger charge is -2.16. The number of carbonyl (C=O) groups excluding carboxylic acids is 2. The van der Waals surface area contributed by atoms with Gasteiger partial charge in [-0.05, 0) is 11.6 Å². The fourth-order valence-corrected chi connectivity index (χ4v) is 2.90. The smallest absolute Gasteiger partial charge is 0.340 e.